The molecule has 0 amide bonds. The van der Waals surface area contributed by atoms with Gasteiger partial charge in [-0.1, -0.05) is 6.92 Å². The van der Waals surface area contributed by atoms with Crippen molar-refractivity contribution in [2.75, 3.05) is 20.2 Å². The van der Waals surface area contributed by atoms with Gasteiger partial charge in [-0.2, -0.15) is 4.31 Å². The van der Waals surface area contributed by atoms with Crippen LogP contribution in [-0.4, -0.2) is 50.0 Å². The summed E-state index contributed by atoms with van der Waals surface area (Å²) in [7, 11) is -2.89. The third-order valence-corrected chi connectivity index (χ3v) is 5.31. The highest BCUT2D eigenvalue weighted by Crippen LogP contribution is 2.26. The average Bonchev–Trinajstić information content (AvgIpc) is 2.86. The smallest absolute Gasteiger partial charge is 0.349 e. The van der Waals surface area contributed by atoms with Gasteiger partial charge in [0.25, 0.3) is 0 Å². The lowest BCUT2D eigenvalue weighted by Crippen LogP contribution is -2.36. The van der Waals surface area contributed by atoms with E-state index in [0.29, 0.717) is 6.42 Å². The second-order valence-electron chi connectivity index (χ2n) is 3.84. The van der Waals surface area contributed by atoms with Crippen LogP contribution in [-0.2, 0) is 19.6 Å². The number of carbonyl (C=O) groups excluding carboxylic acids is 1. The minimum absolute atomic E-state index is 0.0565. The van der Waals surface area contributed by atoms with Gasteiger partial charge in [-0.05, 0) is 17.9 Å². The second-order valence-corrected chi connectivity index (χ2v) is 6.66. The van der Waals surface area contributed by atoms with Crippen molar-refractivity contribution in [2.45, 2.75) is 18.2 Å². The number of esters is 1. The highest BCUT2D eigenvalue weighted by atomic mass is 32.2. The van der Waals surface area contributed by atoms with Crippen molar-refractivity contribution in [3.8, 4) is 0 Å². The average molecular weight is 321 g/mol. The van der Waals surface area contributed by atoms with Crippen LogP contribution in [0.2, 0.25) is 0 Å². The van der Waals surface area contributed by atoms with Crippen molar-refractivity contribution in [3.63, 3.8) is 0 Å². The Kier molecular flexibility index (Phi) is 5.66. The molecule has 20 heavy (non-hydrogen) atoms. The molecule has 0 aliphatic heterocycles. The molecule has 0 fully saturated rings. The maximum absolute atomic E-state index is 12.4. The van der Waals surface area contributed by atoms with Crippen LogP contribution >= 0.6 is 11.3 Å². The van der Waals surface area contributed by atoms with Crippen LogP contribution in [0.3, 0.4) is 0 Å². The second kappa shape index (κ2) is 6.82. The van der Waals surface area contributed by atoms with Crippen LogP contribution in [0.5, 0.6) is 0 Å². The first kappa shape index (κ1) is 16.6. The van der Waals surface area contributed by atoms with Crippen LogP contribution in [0.25, 0.3) is 0 Å². The molecule has 0 saturated heterocycles. The van der Waals surface area contributed by atoms with E-state index in [2.05, 4.69) is 4.74 Å². The van der Waals surface area contributed by atoms with Gasteiger partial charge in [0.2, 0.25) is 10.0 Å². The third kappa shape index (κ3) is 3.56. The number of thiophene rings is 1. The number of aliphatic carboxylic acids is 1. The molecule has 0 bridgehead atoms. The summed E-state index contributed by atoms with van der Waals surface area (Å²) in [4.78, 5) is 22.0. The molecule has 0 unspecified atom stereocenters. The molecule has 1 N–H and O–H groups in total. The van der Waals surface area contributed by atoms with Gasteiger partial charge in [0.05, 0.1) is 7.11 Å². The largest absolute Gasteiger partial charge is 0.480 e. The summed E-state index contributed by atoms with van der Waals surface area (Å²) in [5.74, 6) is -2.01. The zero-order chi connectivity index (χ0) is 15.3. The van der Waals surface area contributed by atoms with Crippen molar-refractivity contribution in [1.82, 2.24) is 4.31 Å². The molecule has 0 radical (unpaired) electrons. The minimum Gasteiger partial charge on any atom is -0.480 e. The van der Waals surface area contributed by atoms with E-state index in [4.69, 9.17) is 5.11 Å². The third-order valence-electron chi connectivity index (χ3n) is 2.40. The molecule has 1 rings (SSSR count). The SMILES string of the molecule is CCCN(CC(=O)O)S(=O)(=O)c1ccsc1C(=O)OC. The van der Waals surface area contributed by atoms with Gasteiger partial charge in [-0.3, -0.25) is 4.79 Å². The van der Waals surface area contributed by atoms with Gasteiger partial charge < -0.3 is 9.84 Å². The number of carboxylic acid groups (broad SMARTS) is 1. The number of nitrogens with zero attached hydrogens (tertiary/aromatic N) is 1. The van der Waals surface area contributed by atoms with Crippen LogP contribution in [0.1, 0.15) is 23.0 Å². The number of ether oxygens (including phenoxy) is 1. The quantitative estimate of drug-likeness (QED) is 0.752. The molecular formula is C11H15NO6S2. The summed E-state index contributed by atoms with van der Waals surface area (Å²) in [6, 6.07) is 1.27. The summed E-state index contributed by atoms with van der Waals surface area (Å²) in [5.41, 5.74) is 0. The first-order valence-corrected chi connectivity index (χ1v) is 8.04. The summed E-state index contributed by atoms with van der Waals surface area (Å²) in [6.07, 6.45) is 0.463. The van der Waals surface area contributed by atoms with Crippen LogP contribution in [0.4, 0.5) is 0 Å². The zero-order valence-corrected chi connectivity index (χ0v) is 12.7. The first-order chi connectivity index (χ1) is 9.34. The monoisotopic (exact) mass is 321 g/mol. The predicted molar refractivity (Wildman–Crippen MR) is 72.3 cm³/mol. The fraction of sp³-hybridized carbons (Fsp3) is 0.455. The molecule has 112 valence electrons. The number of rotatable bonds is 7. The zero-order valence-electron chi connectivity index (χ0n) is 11.0. The highest BCUT2D eigenvalue weighted by Gasteiger charge is 2.31. The molecule has 0 spiro atoms. The van der Waals surface area contributed by atoms with Crippen LogP contribution in [0, 0.1) is 0 Å². The van der Waals surface area contributed by atoms with Crippen molar-refractivity contribution in [2.24, 2.45) is 0 Å². The van der Waals surface area contributed by atoms with E-state index in [1.165, 1.54) is 11.4 Å². The maximum atomic E-state index is 12.4. The molecule has 1 aromatic heterocycles. The van der Waals surface area contributed by atoms with Gasteiger partial charge >= 0.3 is 11.9 Å². The van der Waals surface area contributed by atoms with E-state index in [0.717, 1.165) is 22.8 Å². The van der Waals surface area contributed by atoms with E-state index in [1.54, 1.807) is 6.92 Å². The van der Waals surface area contributed by atoms with E-state index in [9.17, 15) is 18.0 Å². The number of hydrogen-bond acceptors (Lipinski definition) is 6. The Labute approximate surface area is 120 Å². The Morgan fingerprint density at radius 2 is 2.10 bits per heavy atom. The topological polar surface area (TPSA) is 101 Å². The molecule has 0 aliphatic rings. The lowest BCUT2D eigenvalue weighted by Gasteiger charge is -2.19. The van der Waals surface area contributed by atoms with E-state index < -0.39 is 28.5 Å². The normalized spacial score (nSPS) is 11.6. The molecule has 7 nitrogen and oxygen atoms in total. The van der Waals surface area contributed by atoms with E-state index in [-0.39, 0.29) is 16.3 Å². The summed E-state index contributed by atoms with van der Waals surface area (Å²) in [6.45, 7) is 1.15. The lowest BCUT2D eigenvalue weighted by molar-refractivity contribution is -0.137. The fourth-order valence-electron chi connectivity index (χ4n) is 1.57. The Balaban J connectivity index is 3.23. The fourth-order valence-corrected chi connectivity index (χ4v) is 4.36. The number of hydrogen-bond donors (Lipinski definition) is 1. The van der Waals surface area contributed by atoms with Crippen molar-refractivity contribution >= 4 is 33.3 Å². The maximum Gasteiger partial charge on any atom is 0.349 e. The molecule has 0 saturated carbocycles. The van der Waals surface area contributed by atoms with E-state index >= 15 is 0 Å². The van der Waals surface area contributed by atoms with Crippen molar-refractivity contribution < 1.29 is 27.9 Å². The molecule has 0 aromatic carbocycles. The van der Waals surface area contributed by atoms with Gasteiger partial charge in [0.15, 0.2) is 0 Å². The number of carboxylic acids is 1. The highest BCUT2D eigenvalue weighted by molar-refractivity contribution is 7.89. The number of carbonyl (C=O) groups is 2. The molecule has 1 heterocycles. The molecule has 0 atom stereocenters. The van der Waals surface area contributed by atoms with Crippen LogP contribution in [0.15, 0.2) is 16.3 Å². The van der Waals surface area contributed by atoms with Gasteiger partial charge in [-0.25, -0.2) is 13.2 Å². The van der Waals surface area contributed by atoms with Crippen LogP contribution < -0.4 is 0 Å². The molecular weight excluding hydrogens is 306 g/mol. The Bertz CT molecular complexity index is 592. The van der Waals surface area contributed by atoms with Gasteiger partial charge in [0.1, 0.15) is 16.3 Å². The summed E-state index contributed by atoms with van der Waals surface area (Å²) < 4.78 is 30.2. The Morgan fingerprint density at radius 1 is 1.45 bits per heavy atom. The summed E-state index contributed by atoms with van der Waals surface area (Å²) in [5, 5.41) is 10.2. The molecule has 9 heteroatoms. The Morgan fingerprint density at radius 3 is 2.60 bits per heavy atom. The summed E-state index contributed by atoms with van der Waals surface area (Å²) >= 11 is 0.936. The lowest BCUT2D eigenvalue weighted by atomic mass is 10.5. The van der Waals surface area contributed by atoms with Gasteiger partial charge in [0, 0.05) is 6.54 Å². The minimum atomic E-state index is -4.04. The number of methoxy groups -OCH3 is 1. The molecule has 1 aromatic rings. The van der Waals surface area contributed by atoms with Crippen molar-refractivity contribution in [3.05, 3.63) is 16.3 Å². The Hall–Kier alpha value is -1.45. The predicted octanol–water partition coefficient (Wildman–Crippen LogP) is 1.02. The number of sulfonamides is 1. The van der Waals surface area contributed by atoms with E-state index in [1.807, 2.05) is 0 Å². The van der Waals surface area contributed by atoms with Gasteiger partial charge in [-0.15, -0.1) is 11.3 Å². The first-order valence-electron chi connectivity index (χ1n) is 5.72. The standard InChI is InChI=1S/C11H15NO6S2/c1-3-5-12(7-9(13)14)20(16,17)8-4-6-19-10(8)11(15)18-2/h4,6H,3,5,7H2,1-2H3,(H,13,14). The molecule has 0 aliphatic carbocycles. The van der Waals surface area contributed by atoms with Crippen molar-refractivity contribution in [1.29, 1.82) is 0 Å².